The van der Waals surface area contributed by atoms with Gasteiger partial charge in [-0.25, -0.2) is 0 Å². The summed E-state index contributed by atoms with van der Waals surface area (Å²) in [6, 6.07) is 6.58. The third-order valence-corrected chi connectivity index (χ3v) is 4.83. The molecular weight excluding hydrogens is 306 g/mol. The average molecular weight is 326 g/mol. The maximum absolute atomic E-state index is 9.12. The second-order valence-electron chi connectivity index (χ2n) is 5.73. The minimum atomic E-state index is 0.303. The normalized spacial score (nSPS) is 23.6. The summed E-state index contributed by atoms with van der Waals surface area (Å²) in [5, 5.41) is 12.8. The van der Waals surface area contributed by atoms with Crippen LogP contribution in [0, 0.1) is 5.41 Å². The van der Waals surface area contributed by atoms with E-state index in [1.165, 1.54) is 18.4 Å². The van der Waals surface area contributed by atoms with E-state index in [-0.39, 0.29) is 0 Å². The molecule has 3 nitrogen and oxygen atoms in total. The van der Waals surface area contributed by atoms with E-state index in [4.69, 9.17) is 9.84 Å². The molecule has 0 amide bonds. The predicted molar refractivity (Wildman–Crippen MR) is 78.4 cm³/mol. The Morgan fingerprint density at radius 2 is 2.26 bits per heavy atom. The molecule has 2 N–H and O–H groups in total. The first-order valence-electron chi connectivity index (χ1n) is 6.99. The molecule has 1 fully saturated rings. The average Bonchev–Trinajstić information content (AvgIpc) is 3.17. The number of benzene rings is 1. The van der Waals surface area contributed by atoms with Crippen LogP contribution in [0.15, 0.2) is 22.7 Å². The number of rotatable bonds is 5. The molecule has 4 heteroatoms. The minimum Gasteiger partial charge on any atom is -0.493 e. The SMILES string of the molecule is OCCC1(CNC2CCOc3ccc(Br)cc32)CC1. The lowest BCUT2D eigenvalue weighted by molar-refractivity contribution is 0.225. The highest BCUT2D eigenvalue weighted by molar-refractivity contribution is 9.10. The van der Waals surface area contributed by atoms with Gasteiger partial charge in [-0.1, -0.05) is 15.9 Å². The predicted octanol–water partition coefficient (Wildman–Crippen LogP) is 3.02. The topological polar surface area (TPSA) is 41.5 Å². The molecule has 0 radical (unpaired) electrons. The Labute approximate surface area is 122 Å². The molecule has 1 aliphatic heterocycles. The van der Waals surface area contributed by atoms with Crippen molar-refractivity contribution in [1.82, 2.24) is 5.32 Å². The van der Waals surface area contributed by atoms with Crippen LogP contribution in [0.3, 0.4) is 0 Å². The number of hydrogen-bond acceptors (Lipinski definition) is 3. The van der Waals surface area contributed by atoms with Gasteiger partial charge in [0.15, 0.2) is 0 Å². The fraction of sp³-hybridized carbons (Fsp3) is 0.600. The Kier molecular flexibility index (Phi) is 3.83. The van der Waals surface area contributed by atoms with Gasteiger partial charge < -0.3 is 15.2 Å². The standard InChI is InChI=1S/C15H20BrNO2/c16-11-1-2-14-12(9-11)13(3-8-19-14)17-10-15(4-5-15)6-7-18/h1-2,9,13,17-18H,3-8,10H2. The van der Waals surface area contributed by atoms with Gasteiger partial charge in [-0.15, -0.1) is 0 Å². The Balaban J connectivity index is 1.68. The minimum absolute atomic E-state index is 0.303. The molecule has 1 atom stereocenters. The van der Waals surface area contributed by atoms with E-state index in [9.17, 15) is 0 Å². The van der Waals surface area contributed by atoms with Gasteiger partial charge in [0.25, 0.3) is 0 Å². The molecule has 1 aromatic carbocycles. The molecule has 0 bridgehead atoms. The summed E-state index contributed by atoms with van der Waals surface area (Å²) in [6.45, 7) is 2.08. The molecule has 3 rings (SSSR count). The van der Waals surface area contributed by atoms with Gasteiger partial charge in [0.2, 0.25) is 0 Å². The van der Waals surface area contributed by atoms with Crippen LogP contribution in [0.5, 0.6) is 5.75 Å². The fourth-order valence-corrected chi connectivity index (χ4v) is 3.22. The zero-order valence-electron chi connectivity index (χ0n) is 11.0. The van der Waals surface area contributed by atoms with Crippen molar-refractivity contribution in [2.24, 2.45) is 5.41 Å². The van der Waals surface area contributed by atoms with Crippen LogP contribution in [-0.4, -0.2) is 24.9 Å². The van der Waals surface area contributed by atoms with Gasteiger partial charge in [0.05, 0.1) is 6.61 Å². The summed E-state index contributed by atoms with van der Waals surface area (Å²) in [6.07, 6.45) is 4.43. The monoisotopic (exact) mass is 325 g/mol. The van der Waals surface area contributed by atoms with Crippen molar-refractivity contribution in [3.8, 4) is 5.75 Å². The van der Waals surface area contributed by atoms with Crippen LogP contribution in [0.2, 0.25) is 0 Å². The zero-order valence-corrected chi connectivity index (χ0v) is 12.6. The molecule has 1 saturated carbocycles. The number of aliphatic hydroxyl groups is 1. The molecule has 0 aromatic heterocycles. The van der Waals surface area contributed by atoms with E-state index in [0.717, 1.165) is 36.2 Å². The first kappa shape index (κ1) is 13.4. The second-order valence-corrected chi connectivity index (χ2v) is 6.64. The van der Waals surface area contributed by atoms with Gasteiger partial charge in [0, 0.05) is 35.7 Å². The Morgan fingerprint density at radius 3 is 3.00 bits per heavy atom. The molecule has 19 heavy (non-hydrogen) atoms. The number of hydrogen-bond donors (Lipinski definition) is 2. The van der Waals surface area contributed by atoms with Crippen molar-refractivity contribution in [3.63, 3.8) is 0 Å². The van der Waals surface area contributed by atoms with Crippen molar-refractivity contribution in [2.45, 2.75) is 31.7 Å². The Morgan fingerprint density at radius 1 is 1.42 bits per heavy atom. The third kappa shape index (κ3) is 2.96. The maximum Gasteiger partial charge on any atom is 0.124 e. The summed E-state index contributed by atoms with van der Waals surface area (Å²) >= 11 is 3.53. The molecule has 1 unspecified atom stereocenters. The van der Waals surface area contributed by atoms with Gasteiger partial charge in [0.1, 0.15) is 5.75 Å². The first-order chi connectivity index (χ1) is 9.22. The van der Waals surface area contributed by atoms with Gasteiger partial charge in [-0.3, -0.25) is 0 Å². The maximum atomic E-state index is 9.12. The van der Waals surface area contributed by atoms with Crippen molar-refractivity contribution in [2.75, 3.05) is 19.8 Å². The smallest absolute Gasteiger partial charge is 0.124 e. The van der Waals surface area contributed by atoms with Crippen molar-refractivity contribution >= 4 is 15.9 Å². The lowest BCUT2D eigenvalue weighted by Crippen LogP contribution is -2.32. The Hall–Kier alpha value is -0.580. The molecule has 1 aliphatic carbocycles. The molecule has 1 aromatic rings. The molecule has 104 valence electrons. The highest BCUT2D eigenvalue weighted by atomic mass is 79.9. The summed E-state index contributed by atoms with van der Waals surface area (Å²) in [5.41, 5.74) is 1.61. The van der Waals surface area contributed by atoms with Gasteiger partial charge in [-0.2, -0.15) is 0 Å². The number of halogens is 1. The molecule has 2 aliphatic rings. The van der Waals surface area contributed by atoms with Crippen molar-refractivity contribution in [1.29, 1.82) is 0 Å². The molecular formula is C15H20BrNO2. The third-order valence-electron chi connectivity index (χ3n) is 4.33. The largest absolute Gasteiger partial charge is 0.493 e. The van der Waals surface area contributed by atoms with Gasteiger partial charge >= 0.3 is 0 Å². The van der Waals surface area contributed by atoms with Gasteiger partial charge in [-0.05, 0) is 42.9 Å². The quantitative estimate of drug-likeness (QED) is 0.874. The number of fused-ring (bicyclic) bond motifs is 1. The van der Waals surface area contributed by atoms with Crippen LogP contribution >= 0.6 is 15.9 Å². The van der Waals surface area contributed by atoms with Crippen LogP contribution in [0.4, 0.5) is 0 Å². The highest BCUT2D eigenvalue weighted by Crippen LogP contribution is 2.48. The van der Waals surface area contributed by atoms with E-state index in [1.54, 1.807) is 0 Å². The van der Waals surface area contributed by atoms with E-state index in [2.05, 4.69) is 27.3 Å². The highest BCUT2D eigenvalue weighted by Gasteiger charge is 2.42. The fourth-order valence-electron chi connectivity index (χ4n) is 2.85. The van der Waals surface area contributed by atoms with E-state index < -0.39 is 0 Å². The summed E-state index contributed by atoms with van der Waals surface area (Å²) in [7, 11) is 0. The summed E-state index contributed by atoms with van der Waals surface area (Å²) in [5.74, 6) is 0.999. The second kappa shape index (κ2) is 5.43. The lowest BCUT2D eigenvalue weighted by atomic mass is 9.98. The van der Waals surface area contributed by atoms with Crippen LogP contribution in [0.1, 0.15) is 37.3 Å². The summed E-state index contributed by atoms with van der Waals surface area (Å²) < 4.78 is 6.80. The van der Waals surface area contributed by atoms with E-state index in [1.807, 2.05) is 12.1 Å². The first-order valence-corrected chi connectivity index (χ1v) is 7.78. The molecule has 0 saturated heterocycles. The van der Waals surface area contributed by atoms with Crippen LogP contribution in [0.25, 0.3) is 0 Å². The zero-order chi connectivity index (χ0) is 13.3. The van der Waals surface area contributed by atoms with Crippen molar-refractivity contribution < 1.29 is 9.84 Å². The lowest BCUT2D eigenvalue weighted by Gasteiger charge is -2.28. The van der Waals surface area contributed by atoms with Crippen LogP contribution in [-0.2, 0) is 0 Å². The number of nitrogens with one attached hydrogen (secondary N) is 1. The molecule has 1 heterocycles. The number of ether oxygens (including phenoxy) is 1. The number of aliphatic hydroxyl groups excluding tert-OH is 1. The van der Waals surface area contributed by atoms with Crippen LogP contribution < -0.4 is 10.1 Å². The Bertz CT molecular complexity index is 459. The van der Waals surface area contributed by atoms with Crippen molar-refractivity contribution in [3.05, 3.63) is 28.2 Å². The summed E-state index contributed by atoms with van der Waals surface area (Å²) in [4.78, 5) is 0. The molecule has 0 spiro atoms. The van der Waals surface area contributed by atoms with E-state index in [0.29, 0.717) is 18.1 Å². The van der Waals surface area contributed by atoms with E-state index >= 15 is 0 Å².